The summed E-state index contributed by atoms with van der Waals surface area (Å²) in [5.74, 6) is 0.711. The van der Waals surface area contributed by atoms with E-state index in [1.165, 1.54) is 19.3 Å². The number of nitrogens with one attached hydrogen (secondary N) is 3. The van der Waals surface area contributed by atoms with E-state index in [9.17, 15) is 9.59 Å². The van der Waals surface area contributed by atoms with Gasteiger partial charge in [0, 0.05) is 13.1 Å². The van der Waals surface area contributed by atoms with Gasteiger partial charge >= 0.3 is 6.03 Å². The molecule has 0 aromatic carbocycles. The second-order valence-corrected chi connectivity index (χ2v) is 5.78. The quantitative estimate of drug-likeness (QED) is 0.744. The van der Waals surface area contributed by atoms with Crippen molar-refractivity contribution in [3.63, 3.8) is 0 Å². The predicted octanol–water partition coefficient (Wildman–Crippen LogP) is 0.604. The van der Waals surface area contributed by atoms with Gasteiger partial charge in [0.2, 0.25) is 5.91 Å². The summed E-state index contributed by atoms with van der Waals surface area (Å²) < 4.78 is 5.55. The Morgan fingerprint density at radius 2 is 2.23 bits per heavy atom. The summed E-state index contributed by atoms with van der Waals surface area (Å²) in [4.78, 5) is 25.6. The number of hydrogen-bond donors (Lipinski definition) is 3. The average Bonchev–Trinajstić information content (AvgIpc) is 3.20. The molecule has 0 unspecified atom stereocenters. The molecular formula is C15H22N4O3. The van der Waals surface area contributed by atoms with Gasteiger partial charge in [-0.25, -0.2) is 4.79 Å². The van der Waals surface area contributed by atoms with Gasteiger partial charge in [-0.1, -0.05) is 6.42 Å². The monoisotopic (exact) mass is 306 g/mol. The van der Waals surface area contributed by atoms with Crippen LogP contribution in [0.2, 0.25) is 0 Å². The van der Waals surface area contributed by atoms with Gasteiger partial charge in [0.1, 0.15) is 11.8 Å². The molecule has 3 rings (SSSR count). The molecule has 2 aliphatic heterocycles. The van der Waals surface area contributed by atoms with Gasteiger partial charge in [0.25, 0.3) is 0 Å². The highest BCUT2D eigenvalue weighted by Crippen LogP contribution is 2.24. The van der Waals surface area contributed by atoms with Gasteiger partial charge < -0.3 is 20.4 Å². The average molecular weight is 306 g/mol. The van der Waals surface area contributed by atoms with E-state index < -0.39 is 6.04 Å². The van der Waals surface area contributed by atoms with Crippen molar-refractivity contribution in [2.75, 3.05) is 26.2 Å². The summed E-state index contributed by atoms with van der Waals surface area (Å²) in [5, 5.41) is 8.12. The van der Waals surface area contributed by atoms with E-state index in [1.54, 1.807) is 6.26 Å². The fourth-order valence-electron chi connectivity index (χ4n) is 3.05. The van der Waals surface area contributed by atoms with Crippen LogP contribution in [0.3, 0.4) is 0 Å². The van der Waals surface area contributed by atoms with Crippen LogP contribution in [0.1, 0.15) is 31.1 Å². The standard InChI is InChI=1S/C15H22N4O3/c20-14(11-9-17-15(21)18-11)16-10-12(13-5-4-8-22-13)19-6-2-1-3-7-19/h4-5,8,11-12H,1-3,6-7,9-10H2,(H,16,20)(H2,17,18,21)/t11-,12-/m0/s1. The predicted molar refractivity (Wildman–Crippen MR) is 80.2 cm³/mol. The van der Waals surface area contributed by atoms with Gasteiger partial charge in [-0.3, -0.25) is 9.69 Å². The highest BCUT2D eigenvalue weighted by molar-refractivity contribution is 5.90. The normalized spacial score (nSPS) is 23.6. The third-order valence-corrected chi connectivity index (χ3v) is 4.26. The molecule has 2 aliphatic rings. The largest absolute Gasteiger partial charge is 0.468 e. The molecule has 3 amide bonds. The minimum Gasteiger partial charge on any atom is -0.468 e. The van der Waals surface area contributed by atoms with E-state index in [4.69, 9.17) is 4.42 Å². The number of nitrogens with zero attached hydrogens (tertiary/aromatic N) is 1. The number of piperidine rings is 1. The zero-order valence-corrected chi connectivity index (χ0v) is 12.5. The molecule has 3 N–H and O–H groups in total. The summed E-state index contributed by atoms with van der Waals surface area (Å²) in [7, 11) is 0. The number of amides is 3. The van der Waals surface area contributed by atoms with Gasteiger partial charge in [0.15, 0.2) is 0 Å². The molecule has 0 radical (unpaired) electrons. The molecule has 2 atom stereocenters. The van der Waals surface area contributed by atoms with Crippen LogP contribution in [0.4, 0.5) is 4.79 Å². The van der Waals surface area contributed by atoms with E-state index in [-0.39, 0.29) is 18.0 Å². The van der Waals surface area contributed by atoms with Crippen molar-refractivity contribution < 1.29 is 14.0 Å². The second-order valence-electron chi connectivity index (χ2n) is 5.78. The number of likely N-dealkylation sites (tertiary alicyclic amines) is 1. The van der Waals surface area contributed by atoms with Crippen LogP contribution in [0, 0.1) is 0 Å². The molecule has 2 fully saturated rings. The Labute approximate surface area is 129 Å². The fraction of sp³-hybridized carbons (Fsp3) is 0.600. The molecule has 7 nitrogen and oxygen atoms in total. The first-order chi connectivity index (χ1) is 10.7. The minimum absolute atomic E-state index is 0.0457. The Balaban J connectivity index is 1.60. The molecule has 0 bridgehead atoms. The smallest absolute Gasteiger partial charge is 0.315 e. The molecule has 3 heterocycles. The van der Waals surface area contributed by atoms with Crippen molar-refractivity contribution in [3.05, 3.63) is 24.2 Å². The number of carbonyl (C=O) groups excluding carboxylic acids is 2. The summed E-state index contributed by atoms with van der Waals surface area (Å²) >= 11 is 0. The number of hydrogen-bond acceptors (Lipinski definition) is 4. The fourth-order valence-corrected chi connectivity index (χ4v) is 3.05. The van der Waals surface area contributed by atoms with Crippen LogP contribution in [-0.2, 0) is 4.79 Å². The summed E-state index contributed by atoms with van der Waals surface area (Å²) in [5.41, 5.74) is 0. The van der Waals surface area contributed by atoms with E-state index in [1.807, 2.05) is 12.1 Å². The Bertz CT molecular complexity index is 511. The number of rotatable bonds is 5. The number of furan rings is 1. The van der Waals surface area contributed by atoms with Crippen LogP contribution < -0.4 is 16.0 Å². The minimum atomic E-state index is -0.494. The van der Waals surface area contributed by atoms with Gasteiger partial charge in [-0.05, 0) is 38.1 Å². The molecule has 120 valence electrons. The van der Waals surface area contributed by atoms with Crippen LogP contribution >= 0.6 is 0 Å². The first-order valence-corrected chi connectivity index (χ1v) is 7.83. The lowest BCUT2D eigenvalue weighted by atomic mass is 10.1. The van der Waals surface area contributed by atoms with Crippen molar-refractivity contribution in [3.8, 4) is 0 Å². The Hall–Kier alpha value is -2.02. The van der Waals surface area contributed by atoms with Gasteiger partial charge in [0.05, 0.1) is 12.3 Å². The van der Waals surface area contributed by atoms with Crippen LogP contribution in [0.5, 0.6) is 0 Å². The molecule has 7 heteroatoms. The topological polar surface area (TPSA) is 86.6 Å². The third kappa shape index (κ3) is 3.41. The summed E-state index contributed by atoms with van der Waals surface area (Å²) in [6.07, 6.45) is 5.27. The summed E-state index contributed by atoms with van der Waals surface area (Å²) in [6.45, 7) is 2.85. The number of carbonyl (C=O) groups is 2. The Kier molecular flexibility index (Phi) is 4.62. The number of urea groups is 1. The maximum Gasteiger partial charge on any atom is 0.315 e. The second kappa shape index (κ2) is 6.83. The van der Waals surface area contributed by atoms with Gasteiger partial charge in [-0.2, -0.15) is 0 Å². The lowest BCUT2D eigenvalue weighted by Crippen LogP contribution is -2.46. The van der Waals surface area contributed by atoms with Gasteiger partial charge in [-0.15, -0.1) is 0 Å². The first-order valence-electron chi connectivity index (χ1n) is 7.83. The third-order valence-electron chi connectivity index (χ3n) is 4.26. The van der Waals surface area contributed by atoms with Crippen LogP contribution in [0.25, 0.3) is 0 Å². The molecule has 0 spiro atoms. The highest BCUT2D eigenvalue weighted by Gasteiger charge is 2.29. The van der Waals surface area contributed by atoms with Crippen molar-refractivity contribution in [1.29, 1.82) is 0 Å². The molecule has 1 aromatic heterocycles. The highest BCUT2D eigenvalue weighted by atomic mass is 16.3. The zero-order valence-electron chi connectivity index (χ0n) is 12.5. The van der Waals surface area contributed by atoms with Crippen LogP contribution in [-0.4, -0.2) is 49.1 Å². The Morgan fingerprint density at radius 3 is 2.86 bits per heavy atom. The molecule has 0 saturated carbocycles. The molecular weight excluding hydrogens is 284 g/mol. The van der Waals surface area contributed by atoms with Crippen molar-refractivity contribution in [2.24, 2.45) is 0 Å². The first kappa shape index (κ1) is 14.9. The zero-order chi connectivity index (χ0) is 15.4. The Morgan fingerprint density at radius 1 is 1.41 bits per heavy atom. The van der Waals surface area contributed by atoms with E-state index >= 15 is 0 Å². The van der Waals surface area contributed by atoms with Crippen molar-refractivity contribution >= 4 is 11.9 Å². The summed E-state index contributed by atoms with van der Waals surface area (Å²) in [6, 6.07) is 3.08. The lowest BCUT2D eigenvalue weighted by molar-refractivity contribution is -0.122. The van der Waals surface area contributed by atoms with Crippen molar-refractivity contribution in [1.82, 2.24) is 20.9 Å². The van der Waals surface area contributed by atoms with E-state index in [0.717, 1.165) is 18.8 Å². The van der Waals surface area contributed by atoms with E-state index in [2.05, 4.69) is 20.9 Å². The maximum atomic E-state index is 12.1. The van der Waals surface area contributed by atoms with Crippen molar-refractivity contribution in [2.45, 2.75) is 31.3 Å². The van der Waals surface area contributed by atoms with E-state index in [0.29, 0.717) is 13.1 Å². The molecule has 2 saturated heterocycles. The SMILES string of the molecule is O=C1NC[C@@H](C(=O)NC[C@@H](c2ccco2)N2CCCCC2)N1. The lowest BCUT2D eigenvalue weighted by Gasteiger charge is -2.33. The molecule has 22 heavy (non-hydrogen) atoms. The molecule has 1 aromatic rings. The molecule has 0 aliphatic carbocycles. The maximum absolute atomic E-state index is 12.1. The van der Waals surface area contributed by atoms with Crippen LogP contribution in [0.15, 0.2) is 22.8 Å².